The molecular formula is C15H25N3O2S. The van der Waals surface area contributed by atoms with Gasteiger partial charge in [-0.3, -0.25) is 0 Å². The monoisotopic (exact) mass is 311 g/mol. The molecule has 0 radical (unpaired) electrons. The third-order valence-corrected chi connectivity index (χ3v) is 5.41. The Labute approximate surface area is 127 Å². The molecule has 1 saturated heterocycles. The molecule has 0 unspecified atom stereocenters. The molecule has 6 heteroatoms. The van der Waals surface area contributed by atoms with E-state index in [2.05, 4.69) is 10.1 Å². The van der Waals surface area contributed by atoms with Gasteiger partial charge in [0.2, 0.25) is 0 Å². The summed E-state index contributed by atoms with van der Waals surface area (Å²) < 4.78 is 25.2. The lowest BCUT2D eigenvalue weighted by Crippen LogP contribution is -2.45. The highest BCUT2D eigenvalue weighted by Gasteiger charge is 2.22. The molecule has 0 atom stereocenters. The first kappa shape index (κ1) is 16.4. The van der Waals surface area contributed by atoms with Crippen molar-refractivity contribution in [2.24, 2.45) is 0 Å². The van der Waals surface area contributed by atoms with Crippen LogP contribution in [0.1, 0.15) is 36.0 Å². The maximum Gasteiger partial charge on any atom is 0.253 e. The van der Waals surface area contributed by atoms with Crippen LogP contribution in [0.2, 0.25) is 0 Å². The van der Waals surface area contributed by atoms with Crippen molar-refractivity contribution in [2.45, 2.75) is 44.6 Å². The van der Waals surface area contributed by atoms with Crippen molar-refractivity contribution in [3.05, 3.63) is 28.8 Å². The second-order valence-corrected chi connectivity index (χ2v) is 7.35. The van der Waals surface area contributed by atoms with E-state index in [1.165, 1.54) is 6.42 Å². The normalized spacial score (nSPS) is 17.1. The molecule has 1 aliphatic heterocycles. The summed E-state index contributed by atoms with van der Waals surface area (Å²) in [4.78, 5) is 3.10. The summed E-state index contributed by atoms with van der Waals surface area (Å²) in [5.41, 5.74) is 2.91. The predicted octanol–water partition coefficient (Wildman–Crippen LogP) is 1.70. The van der Waals surface area contributed by atoms with Gasteiger partial charge < -0.3 is 5.32 Å². The minimum atomic E-state index is -3.50. The first-order valence-electron chi connectivity index (χ1n) is 7.46. The van der Waals surface area contributed by atoms with E-state index in [1.54, 1.807) is 6.07 Å². The summed E-state index contributed by atoms with van der Waals surface area (Å²) in [6, 6.07) is 3.73. The first-order valence-corrected chi connectivity index (χ1v) is 8.94. The number of sulfonamides is 1. The molecule has 1 aromatic carbocycles. The number of hydrazine groups is 1. The second-order valence-electron chi connectivity index (χ2n) is 5.72. The second kappa shape index (κ2) is 6.87. The molecule has 1 aliphatic rings. The van der Waals surface area contributed by atoms with Gasteiger partial charge in [0.15, 0.2) is 0 Å². The van der Waals surface area contributed by atoms with Crippen molar-refractivity contribution in [1.82, 2.24) is 15.2 Å². The average Bonchev–Trinajstić information content (AvgIpc) is 2.42. The first-order chi connectivity index (χ1) is 9.94. The number of nitrogens with one attached hydrogen (secondary N) is 2. The smallest absolute Gasteiger partial charge is 0.253 e. The zero-order valence-corrected chi connectivity index (χ0v) is 13.9. The molecule has 0 amide bonds. The Morgan fingerprint density at radius 1 is 1.10 bits per heavy atom. The van der Waals surface area contributed by atoms with Crippen LogP contribution in [-0.2, 0) is 16.6 Å². The Balaban J connectivity index is 2.27. The van der Waals surface area contributed by atoms with Crippen LogP contribution in [0.4, 0.5) is 0 Å². The van der Waals surface area contributed by atoms with Crippen molar-refractivity contribution in [3.63, 3.8) is 0 Å². The summed E-state index contributed by atoms with van der Waals surface area (Å²) >= 11 is 0. The number of rotatable bonds is 5. The van der Waals surface area contributed by atoms with Gasteiger partial charge in [-0.2, -0.15) is 0 Å². The number of aryl methyl sites for hydroxylation is 2. The number of hydrogen-bond acceptors (Lipinski definition) is 4. The van der Waals surface area contributed by atoms with E-state index >= 15 is 0 Å². The van der Waals surface area contributed by atoms with Crippen LogP contribution < -0.4 is 10.1 Å². The molecule has 0 bridgehead atoms. The summed E-state index contributed by atoms with van der Waals surface area (Å²) in [5.74, 6) is 0. The highest BCUT2D eigenvalue weighted by atomic mass is 32.2. The Morgan fingerprint density at radius 2 is 1.76 bits per heavy atom. The maximum absolute atomic E-state index is 12.6. The fraction of sp³-hybridized carbons (Fsp3) is 0.600. The van der Waals surface area contributed by atoms with Crippen LogP contribution in [0.3, 0.4) is 0 Å². The largest absolute Gasteiger partial charge is 0.316 e. The molecule has 0 aromatic heterocycles. The molecule has 1 fully saturated rings. The van der Waals surface area contributed by atoms with Gasteiger partial charge in [-0.25, -0.2) is 13.4 Å². The standard InChI is InChI=1S/C15H25N3O2S/c1-12-9-13(2)15(10-14(12)11-16-3)21(19,20)17-18-7-5-4-6-8-18/h9-10,16-17H,4-8,11H2,1-3H3. The Morgan fingerprint density at radius 3 is 2.38 bits per heavy atom. The fourth-order valence-electron chi connectivity index (χ4n) is 2.75. The van der Waals surface area contributed by atoms with Gasteiger partial charge in [-0.1, -0.05) is 12.5 Å². The molecule has 1 aromatic rings. The summed E-state index contributed by atoms with van der Waals surface area (Å²) in [5, 5.41) is 4.89. The fourth-order valence-corrected chi connectivity index (χ4v) is 4.15. The van der Waals surface area contributed by atoms with Gasteiger partial charge in [0.05, 0.1) is 4.90 Å². The predicted molar refractivity (Wildman–Crippen MR) is 84.4 cm³/mol. The number of benzene rings is 1. The zero-order chi connectivity index (χ0) is 15.5. The molecule has 2 N–H and O–H groups in total. The zero-order valence-electron chi connectivity index (χ0n) is 13.1. The van der Waals surface area contributed by atoms with Crippen molar-refractivity contribution in [1.29, 1.82) is 0 Å². The van der Waals surface area contributed by atoms with Gasteiger partial charge in [0, 0.05) is 19.6 Å². The molecule has 5 nitrogen and oxygen atoms in total. The van der Waals surface area contributed by atoms with E-state index in [9.17, 15) is 8.42 Å². The third kappa shape index (κ3) is 4.03. The highest BCUT2D eigenvalue weighted by molar-refractivity contribution is 7.89. The van der Waals surface area contributed by atoms with Crippen LogP contribution in [0, 0.1) is 13.8 Å². The van der Waals surface area contributed by atoms with E-state index in [0.29, 0.717) is 11.4 Å². The van der Waals surface area contributed by atoms with E-state index in [1.807, 2.05) is 32.0 Å². The molecule has 21 heavy (non-hydrogen) atoms. The molecule has 0 spiro atoms. The molecular weight excluding hydrogens is 286 g/mol. The van der Waals surface area contributed by atoms with Crippen molar-refractivity contribution in [3.8, 4) is 0 Å². The van der Waals surface area contributed by atoms with E-state index in [4.69, 9.17) is 0 Å². The van der Waals surface area contributed by atoms with E-state index < -0.39 is 10.0 Å². The third-order valence-electron chi connectivity index (χ3n) is 3.90. The Kier molecular flexibility index (Phi) is 5.37. The summed E-state index contributed by atoms with van der Waals surface area (Å²) in [6.07, 6.45) is 3.26. The topological polar surface area (TPSA) is 61.4 Å². The quantitative estimate of drug-likeness (QED) is 0.869. The van der Waals surface area contributed by atoms with Gasteiger partial charge in [0.1, 0.15) is 0 Å². The Bertz CT molecular complexity index is 593. The number of piperidine rings is 1. The van der Waals surface area contributed by atoms with Crippen LogP contribution >= 0.6 is 0 Å². The minimum Gasteiger partial charge on any atom is -0.316 e. The lowest BCUT2D eigenvalue weighted by Gasteiger charge is -2.27. The average molecular weight is 311 g/mol. The van der Waals surface area contributed by atoms with Crippen molar-refractivity contribution in [2.75, 3.05) is 20.1 Å². The number of nitrogens with zero attached hydrogens (tertiary/aromatic N) is 1. The minimum absolute atomic E-state index is 0.379. The van der Waals surface area contributed by atoms with Gasteiger partial charge in [0.25, 0.3) is 10.0 Å². The van der Waals surface area contributed by atoms with Crippen LogP contribution in [0.15, 0.2) is 17.0 Å². The summed E-state index contributed by atoms with van der Waals surface area (Å²) in [7, 11) is -1.64. The molecule has 0 aliphatic carbocycles. The maximum atomic E-state index is 12.6. The van der Waals surface area contributed by atoms with Crippen LogP contribution in [0.5, 0.6) is 0 Å². The van der Waals surface area contributed by atoms with Crippen molar-refractivity contribution >= 4 is 10.0 Å². The molecule has 118 valence electrons. The van der Waals surface area contributed by atoms with Crippen molar-refractivity contribution < 1.29 is 8.42 Å². The van der Waals surface area contributed by atoms with Crippen LogP contribution in [-0.4, -0.2) is 33.6 Å². The van der Waals surface area contributed by atoms with Gasteiger partial charge >= 0.3 is 0 Å². The lowest BCUT2D eigenvalue weighted by molar-refractivity contribution is 0.200. The molecule has 2 rings (SSSR count). The number of hydrogen-bond donors (Lipinski definition) is 2. The summed E-state index contributed by atoms with van der Waals surface area (Å²) in [6.45, 7) is 6.09. The lowest BCUT2D eigenvalue weighted by atomic mass is 10.1. The Hall–Kier alpha value is -0.950. The van der Waals surface area contributed by atoms with Gasteiger partial charge in [-0.05, 0) is 56.5 Å². The van der Waals surface area contributed by atoms with Crippen LogP contribution in [0.25, 0.3) is 0 Å². The van der Waals surface area contributed by atoms with E-state index in [0.717, 1.165) is 42.6 Å². The molecule has 1 heterocycles. The molecule has 0 saturated carbocycles. The SMILES string of the molecule is CNCc1cc(S(=O)(=O)NN2CCCCC2)c(C)cc1C. The highest BCUT2D eigenvalue weighted by Crippen LogP contribution is 2.21. The van der Waals surface area contributed by atoms with E-state index in [-0.39, 0.29) is 0 Å². The van der Waals surface area contributed by atoms with Gasteiger partial charge in [-0.15, -0.1) is 4.83 Å².